The lowest BCUT2D eigenvalue weighted by molar-refractivity contribution is 0.0780. The summed E-state index contributed by atoms with van der Waals surface area (Å²) in [5.74, 6) is 1.62. The molecule has 120 valence electrons. The van der Waals surface area contributed by atoms with Crippen LogP contribution in [0.25, 0.3) is 0 Å². The van der Waals surface area contributed by atoms with E-state index in [1.165, 1.54) is 12.8 Å². The molecule has 0 N–H and O–H groups in total. The minimum atomic E-state index is 0.160. The SMILES string of the molecule is COCc1cccc(C(=O)N2C[C@@H](N(C)C)[C@H](C3CC3)C2)c1. The Morgan fingerprint density at radius 2 is 2.09 bits per heavy atom. The van der Waals surface area contributed by atoms with Gasteiger partial charge in [-0.25, -0.2) is 0 Å². The summed E-state index contributed by atoms with van der Waals surface area (Å²) in [6.07, 6.45) is 2.67. The van der Waals surface area contributed by atoms with E-state index in [9.17, 15) is 4.79 Å². The van der Waals surface area contributed by atoms with Gasteiger partial charge in [-0.15, -0.1) is 0 Å². The summed E-state index contributed by atoms with van der Waals surface area (Å²) in [7, 11) is 5.94. The van der Waals surface area contributed by atoms with Crippen LogP contribution in [0.4, 0.5) is 0 Å². The molecule has 2 aliphatic rings. The van der Waals surface area contributed by atoms with Gasteiger partial charge >= 0.3 is 0 Å². The third-order valence-corrected chi connectivity index (χ3v) is 5.00. The Morgan fingerprint density at radius 3 is 2.73 bits per heavy atom. The monoisotopic (exact) mass is 302 g/mol. The molecular weight excluding hydrogens is 276 g/mol. The van der Waals surface area contributed by atoms with Gasteiger partial charge in [0.15, 0.2) is 0 Å². The van der Waals surface area contributed by atoms with Crippen molar-refractivity contribution < 1.29 is 9.53 Å². The number of carbonyl (C=O) groups excluding carboxylic acids is 1. The molecular formula is C18H26N2O2. The molecule has 4 nitrogen and oxygen atoms in total. The minimum Gasteiger partial charge on any atom is -0.380 e. The van der Waals surface area contributed by atoms with E-state index in [0.29, 0.717) is 18.6 Å². The van der Waals surface area contributed by atoms with Crippen LogP contribution in [0.1, 0.15) is 28.8 Å². The number of amides is 1. The highest BCUT2D eigenvalue weighted by Crippen LogP contribution is 2.42. The highest BCUT2D eigenvalue weighted by atomic mass is 16.5. The molecule has 22 heavy (non-hydrogen) atoms. The van der Waals surface area contributed by atoms with E-state index in [0.717, 1.165) is 30.1 Å². The van der Waals surface area contributed by atoms with Gasteiger partial charge in [0.25, 0.3) is 5.91 Å². The van der Waals surface area contributed by atoms with Crippen molar-refractivity contribution in [3.63, 3.8) is 0 Å². The summed E-state index contributed by atoms with van der Waals surface area (Å²) < 4.78 is 5.16. The van der Waals surface area contributed by atoms with Crippen molar-refractivity contribution in [2.75, 3.05) is 34.3 Å². The summed E-state index contributed by atoms with van der Waals surface area (Å²) >= 11 is 0. The Morgan fingerprint density at radius 1 is 1.32 bits per heavy atom. The standard InChI is InChI=1S/C18H26N2O2/c1-19(2)17-11-20(10-16(17)14-7-8-14)18(21)15-6-4-5-13(9-15)12-22-3/h4-6,9,14,16-17H,7-8,10-12H2,1-3H3/t16-,17+/m0/s1. The molecule has 1 aromatic carbocycles. The highest BCUT2D eigenvalue weighted by Gasteiger charge is 2.44. The zero-order chi connectivity index (χ0) is 15.7. The number of hydrogen-bond acceptors (Lipinski definition) is 3. The van der Waals surface area contributed by atoms with Crippen molar-refractivity contribution in [3.05, 3.63) is 35.4 Å². The van der Waals surface area contributed by atoms with E-state index in [1.807, 2.05) is 29.2 Å². The second-order valence-electron chi connectivity index (χ2n) is 6.88. The highest BCUT2D eigenvalue weighted by molar-refractivity contribution is 5.94. The van der Waals surface area contributed by atoms with E-state index >= 15 is 0 Å². The smallest absolute Gasteiger partial charge is 0.253 e. The number of hydrogen-bond donors (Lipinski definition) is 0. The summed E-state index contributed by atoms with van der Waals surface area (Å²) in [5.41, 5.74) is 1.83. The van der Waals surface area contributed by atoms with Gasteiger partial charge in [0, 0.05) is 31.8 Å². The van der Waals surface area contributed by atoms with E-state index in [4.69, 9.17) is 4.74 Å². The first-order valence-electron chi connectivity index (χ1n) is 8.13. The Hall–Kier alpha value is -1.39. The lowest BCUT2D eigenvalue weighted by Gasteiger charge is -2.24. The molecule has 1 aromatic rings. The average molecular weight is 302 g/mol. The van der Waals surface area contributed by atoms with Crippen LogP contribution in [0.2, 0.25) is 0 Å². The molecule has 1 aliphatic heterocycles. The number of rotatable bonds is 5. The third-order valence-electron chi connectivity index (χ3n) is 5.00. The number of nitrogens with zero attached hydrogens (tertiary/aromatic N) is 2. The molecule has 1 saturated heterocycles. The van der Waals surface area contributed by atoms with Gasteiger partial charge in [-0.2, -0.15) is 0 Å². The Labute approximate surface area is 133 Å². The van der Waals surface area contributed by atoms with Crippen LogP contribution in [-0.4, -0.2) is 56.0 Å². The zero-order valence-electron chi connectivity index (χ0n) is 13.8. The van der Waals surface area contributed by atoms with Gasteiger partial charge < -0.3 is 14.5 Å². The second kappa shape index (κ2) is 6.39. The first-order chi connectivity index (χ1) is 10.6. The predicted molar refractivity (Wildman–Crippen MR) is 86.7 cm³/mol. The van der Waals surface area contributed by atoms with Crippen LogP contribution in [0.3, 0.4) is 0 Å². The zero-order valence-corrected chi connectivity index (χ0v) is 13.8. The van der Waals surface area contributed by atoms with Crippen molar-refractivity contribution in [1.82, 2.24) is 9.80 Å². The van der Waals surface area contributed by atoms with Gasteiger partial charge in [0.2, 0.25) is 0 Å². The van der Waals surface area contributed by atoms with Gasteiger partial charge in [-0.05, 0) is 56.5 Å². The fourth-order valence-electron chi connectivity index (χ4n) is 3.65. The van der Waals surface area contributed by atoms with Gasteiger partial charge in [-0.3, -0.25) is 4.79 Å². The van der Waals surface area contributed by atoms with Crippen LogP contribution >= 0.6 is 0 Å². The van der Waals surface area contributed by atoms with E-state index < -0.39 is 0 Å². The normalized spacial score (nSPS) is 25.0. The fourth-order valence-corrected chi connectivity index (χ4v) is 3.65. The summed E-state index contributed by atoms with van der Waals surface area (Å²) in [6, 6.07) is 8.32. The predicted octanol–water partition coefficient (Wildman–Crippen LogP) is 2.25. The van der Waals surface area contributed by atoms with Crippen LogP contribution in [0, 0.1) is 11.8 Å². The van der Waals surface area contributed by atoms with Gasteiger partial charge in [0.1, 0.15) is 0 Å². The maximum absolute atomic E-state index is 12.8. The van der Waals surface area contributed by atoms with Crippen molar-refractivity contribution in [2.45, 2.75) is 25.5 Å². The quantitative estimate of drug-likeness (QED) is 0.836. The number of carbonyl (C=O) groups is 1. The van der Waals surface area contributed by atoms with Crippen LogP contribution in [0.5, 0.6) is 0 Å². The number of likely N-dealkylation sites (tertiary alicyclic amines) is 1. The average Bonchev–Trinajstić information content (AvgIpc) is 3.25. The third kappa shape index (κ3) is 3.18. The van der Waals surface area contributed by atoms with Crippen LogP contribution in [-0.2, 0) is 11.3 Å². The molecule has 2 atom stereocenters. The molecule has 0 radical (unpaired) electrons. The first kappa shape index (κ1) is 15.5. The summed E-state index contributed by atoms with van der Waals surface area (Å²) in [4.78, 5) is 17.2. The lowest BCUT2D eigenvalue weighted by Crippen LogP contribution is -2.36. The number of benzene rings is 1. The number of methoxy groups -OCH3 is 1. The molecule has 4 heteroatoms. The molecule has 0 aromatic heterocycles. The largest absolute Gasteiger partial charge is 0.380 e. The van der Waals surface area contributed by atoms with Crippen LogP contribution < -0.4 is 0 Å². The van der Waals surface area contributed by atoms with E-state index in [-0.39, 0.29) is 5.91 Å². The molecule has 1 heterocycles. The first-order valence-corrected chi connectivity index (χ1v) is 8.13. The molecule has 0 spiro atoms. The Kier molecular flexibility index (Phi) is 4.50. The van der Waals surface area contributed by atoms with Crippen molar-refractivity contribution in [3.8, 4) is 0 Å². The Bertz CT molecular complexity index is 530. The number of likely N-dealkylation sites (N-methyl/N-ethyl adjacent to an activating group) is 1. The molecule has 1 aliphatic carbocycles. The fraction of sp³-hybridized carbons (Fsp3) is 0.611. The minimum absolute atomic E-state index is 0.160. The van der Waals surface area contributed by atoms with Crippen LogP contribution in [0.15, 0.2) is 24.3 Å². The second-order valence-corrected chi connectivity index (χ2v) is 6.88. The van der Waals surface area contributed by atoms with E-state index in [2.05, 4.69) is 19.0 Å². The topological polar surface area (TPSA) is 32.8 Å². The molecule has 1 amide bonds. The van der Waals surface area contributed by atoms with Crippen molar-refractivity contribution in [1.29, 1.82) is 0 Å². The van der Waals surface area contributed by atoms with Gasteiger partial charge in [-0.1, -0.05) is 12.1 Å². The molecule has 2 fully saturated rings. The summed E-state index contributed by atoms with van der Waals surface area (Å²) in [6.45, 7) is 2.30. The summed E-state index contributed by atoms with van der Waals surface area (Å²) in [5, 5.41) is 0. The maximum atomic E-state index is 12.8. The molecule has 0 bridgehead atoms. The van der Waals surface area contributed by atoms with Crippen molar-refractivity contribution in [2.24, 2.45) is 11.8 Å². The lowest BCUT2D eigenvalue weighted by atomic mass is 9.97. The van der Waals surface area contributed by atoms with Crippen molar-refractivity contribution >= 4 is 5.91 Å². The van der Waals surface area contributed by atoms with Gasteiger partial charge in [0.05, 0.1) is 6.61 Å². The molecule has 3 rings (SSSR count). The Balaban J connectivity index is 1.73. The number of ether oxygens (including phenoxy) is 1. The maximum Gasteiger partial charge on any atom is 0.253 e. The molecule has 1 saturated carbocycles. The van der Waals surface area contributed by atoms with E-state index in [1.54, 1.807) is 7.11 Å². The molecule has 0 unspecified atom stereocenters.